The van der Waals surface area contributed by atoms with E-state index in [2.05, 4.69) is 0 Å². The largest absolute Gasteiger partial charge is 0.392 e. The molecule has 0 spiro atoms. The van der Waals surface area contributed by atoms with Crippen LogP contribution in [0, 0.1) is 6.92 Å². The summed E-state index contributed by atoms with van der Waals surface area (Å²) in [5.41, 5.74) is 2.89. The zero-order chi connectivity index (χ0) is 17.6. The third kappa shape index (κ3) is 2.44. The molecule has 4 aromatic rings. The van der Waals surface area contributed by atoms with Gasteiger partial charge in [-0.15, -0.1) is 0 Å². The number of para-hydroxylation sites is 1. The van der Waals surface area contributed by atoms with Gasteiger partial charge in [0.15, 0.2) is 0 Å². The maximum atomic E-state index is 13.3. The minimum absolute atomic E-state index is 0.137. The Hall–Kier alpha value is -2.63. The van der Waals surface area contributed by atoms with Crippen molar-refractivity contribution >= 4 is 31.8 Å². The van der Waals surface area contributed by atoms with E-state index >= 15 is 0 Å². The summed E-state index contributed by atoms with van der Waals surface area (Å²) >= 11 is 0. The van der Waals surface area contributed by atoms with E-state index in [1.807, 2.05) is 37.3 Å². The first-order valence-electron chi connectivity index (χ1n) is 7.97. The highest BCUT2D eigenvalue weighted by molar-refractivity contribution is 7.90. The molecule has 0 aliphatic heterocycles. The molecular weight excluding hydrogens is 334 g/mol. The summed E-state index contributed by atoms with van der Waals surface area (Å²) in [7, 11) is -3.76. The number of fused-ring (bicyclic) bond motifs is 3. The molecule has 0 aliphatic carbocycles. The van der Waals surface area contributed by atoms with Gasteiger partial charge in [-0.2, -0.15) is 0 Å². The van der Waals surface area contributed by atoms with Crippen molar-refractivity contribution in [2.24, 2.45) is 0 Å². The lowest BCUT2D eigenvalue weighted by Crippen LogP contribution is -2.12. The van der Waals surface area contributed by atoms with Gasteiger partial charge in [-0.05, 0) is 36.8 Å². The van der Waals surface area contributed by atoms with Crippen LogP contribution in [0.15, 0.2) is 71.6 Å². The summed E-state index contributed by atoms with van der Waals surface area (Å²) in [6.07, 6.45) is 0. The molecular formula is C20H17NO3S. The maximum Gasteiger partial charge on any atom is 0.268 e. The minimum atomic E-state index is -3.76. The Kier molecular flexibility index (Phi) is 3.63. The summed E-state index contributed by atoms with van der Waals surface area (Å²) in [5, 5.41) is 11.2. The second-order valence-electron chi connectivity index (χ2n) is 6.11. The number of hydrogen-bond donors (Lipinski definition) is 1. The number of aryl methyl sites for hydroxylation is 1. The van der Waals surface area contributed by atoms with Crippen molar-refractivity contribution in [2.45, 2.75) is 18.4 Å². The van der Waals surface area contributed by atoms with Crippen molar-refractivity contribution in [1.82, 2.24) is 3.97 Å². The topological polar surface area (TPSA) is 59.3 Å². The first kappa shape index (κ1) is 15.9. The van der Waals surface area contributed by atoms with Crippen LogP contribution in [0.25, 0.3) is 21.8 Å². The molecule has 0 unspecified atom stereocenters. The molecule has 0 amide bonds. The average molecular weight is 351 g/mol. The maximum absolute atomic E-state index is 13.3. The average Bonchev–Trinajstić information content (AvgIpc) is 2.96. The van der Waals surface area contributed by atoms with Gasteiger partial charge in [-0.3, -0.25) is 0 Å². The van der Waals surface area contributed by atoms with Gasteiger partial charge in [0.1, 0.15) is 0 Å². The fraction of sp³-hybridized carbons (Fsp3) is 0.100. The lowest BCUT2D eigenvalue weighted by Gasteiger charge is -2.10. The summed E-state index contributed by atoms with van der Waals surface area (Å²) in [5.74, 6) is 0. The molecule has 0 fully saturated rings. The van der Waals surface area contributed by atoms with E-state index in [9.17, 15) is 13.5 Å². The molecule has 0 aliphatic rings. The fourth-order valence-electron chi connectivity index (χ4n) is 3.15. The van der Waals surface area contributed by atoms with Crippen LogP contribution in [0.4, 0.5) is 0 Å². The summed E-state index contributed by atoms with van der Waals surface area (Å²) in [4.78, 5) is 0.246. The number of rotatable bonds is 3. The lowest BCUT2D eigenvalue weighted by atomic mass is 10.1. The zero-order valence-electron chi connectivity index (χ0n) is 13.7. The molecule has 0 bridgehead atoms. The number of benzene rings is 3. The van der Waals surface area contributed by atoms with Crippen LogP contribution in [0.2, 0.25) is 0 Å². The van der Waals surface area contributed by atoms with Gasteiger partial charge in [0.25, 0.3) is 10.0 Å². The van der Waals surface area contributed by atoms with Crippen LogP contribution in [-0.2, 0) is 16.6 Å². The first-order chi connectivity index (χ1) is 12.0. The van der Waals surface area contributed by atoms with Gasteiger partial charge in [0.2, 0.25) is 0 Å². The molecule has 1 aromatic heterocycles. The summed E-state index contributed by atoms with van der Waals surface area (Å²) in [6, 6.07) is 19.7. The van der Waals surface area contributed by atoms with E-state index in [1.165, 1.54) is 3.97 Å². The standard InChI is InChI=1S/C20H17NO3S/c1-14-6-9-16(10-7-14)25(23,24)21-19-5-3-2-4-17(19)18-11-8-15(13-22)12-20(18)21/h2-12,22H,13H2,1H3. The number of aromatic nitrogens is 1. The monoisotopic (exact) mass is 351 g/mol. The normalized spacial score (nSPS) is 12.1. The van der Waals surface area contributed by atoms with E-state index in [1.54, 1.807) is 36.4 Å². The van der Waals surface area contributed by atoms with Gasteiger partial charge in [-0.25, -0.2) is 12.4 Å². The second-order valence-corrected chi connectivity index (χ2v) is 7.90. The minimum Gasteiger partial charge on any atom is -0.392 e. The molecule has 0 atom stereocenters. The van der Waals surface area contributed by atoms with Crippen molar-refractivity contribution in [1.29, 1.82) is 0 Å². The molecule has 0 radical (unpaired) electrons. The SMILES string of the molecule is Cc1ccc(S(=O)(=O)n2c3ccccc3c3ccc(CO)cc32)cc1. The quantitative estimate of drug-likeness (QED) is 0.610. The van der Waals surface area contributed by atoms with Crippen molar-refractivity contribution in [2.75, 3.05) is 0 Å². The number of aliphatic hydroxyl groups excluding tert-OH is 1. The molecule has 1 N–H and O–H groups in total. The Bertz CT molecular complexity index is 1190. The molecule has 126 valence electrons. The lowest BCUT2D eigenvalue weighted by molar-refractivity contribution is 0.282. The van der Waals surface area contributed by atoms with E-state index in [0.717, 1.165) is 16.3 Å². The highest BCUT2D eigenvalue weighted by Gasteiger charge is 2.23. The Labute approximate surface area is 146 Å². The Balaban J connectivity index is 2.13. The van der Waals surface area contributed by atoms with Gasteiger partial charge >= 0.3 is 0 Å². The predicted octanol–water partition coefficient (Wildman–Crippen LogP) is 3.83. The molecule has 0 saturated heterocycles. The summed E-state index contributed by atoms with van der Waals surface area (Å²) in [6.45, 7) is 1.78. The molecule has 5 heteroatoms. The third-order valence-corrected chi connectivity index (χ3v) is 6.18. The van der Waals surface area contributed by atoms with Crippen molar-refractivity contribution in [3.63, 3.8) is 0 Å². The molecule has 1 heterocycles. The third-order valence-electron chi connectivity index (χ3n) is 4.44. The molecule has 25 heavy (non-hydrogen) atoms. The van der Waals surface area contributed by atoms with E-state index < -0.39 is 10.0 Å². The van der Waals surface area contributed by atoms with Crippen LogP contribution >= 0.6 is 0 Å². The van der Waals surface area contributed by atoms with Gasteiger partial charge in [0.05, 0.1) is 22.5 Å². The Morgan fingerprint density at radius 1 is 0.880 bits per heavy atom. The summed E-state index contributed by atoms with van der Waals surface area (Å²) < 4.78 is 28.0. The van der Waals surface area contributed by atoms with Crippen molar-refractivity contribution in [3.8, 4) is 0 Å². The highest BCUT2D eigenvalue weighted by atomic mass is 32.2. The van der Waals surface area contributed by atoms with Crippen LogP contribution in [0.1, 0.15) is 11.1 Å². The van der Waals surface area contributed by atoms with Crippen molar-refractivity contribution < 1.29 is 13.5 Å². The Morgan fingerprint density at radius 3 is 2.28 bits per heavy atom. The number of nitrogens with zero attached hydrogens (tertiary/aromatic N) is 1. The molecule has 3 aromatic carbocycles. The predicted molar refractivity (Wildman–Crippen MR) is 99.1 cm³/mol. The highest BCUT2D eigenvalue weighted by Crippen LogP contribution is 2.33. The van der Waals surface area contributed by atoms with Crippen LogP contribution < -0.4 is 0 Å². The molecule has 0 saturated carbocycles. The van der Waals surface area contributed by atoms with Crippen LogP contribution in [0.5, 0.6) is 0 Å². The van der Waals surface area contributed by atoms with Gasteiger partial charge in [0, 0.05) is 10.8 Å². The smallest absolute Gasteiger partial charge is 0.268 e. The van der Waals surface area contributed by atoms with E-state index in [0.29, 0.717) is 16.6 Å². The van der Waals surface area contributed by atoms with Crippen LogP contribution in [-0.4, -0.2) is 17.5 Å². The molecule has 4 rings (SSSR count). The van der Waals surface area contributed by atoms with E-state index in [-0.39, 0.29) is 11.5 Å². The first-order valence-corrected chi connectivity index (χ1v) is 9.41. The Morgan fingerprint density at radius 2 is 1.56 bits per heavy atom. The van der Waals surface area contributed by atoms with Crippen LogP contribution in [0.3, 0.4) is 0 Å². The van der Waals surface area contributed by atoms with E-state index in [4.69, 9.17) is 0 Å². The molecule has 4 nitrogen and oxygen atoms in total. The second kappa shape index (κ2) is 5.72. The fourth-order valence-corrected chi connectivity index (χ4v) is 4.67. The number of hydrogen-bond acceptors (Lipinski definition) is 3. The van der Waals surface area contributed by atoms with Gasteiger partial charge < -0.3 is 5.11 Å². The zero-order valence-corrected chi connectivity index (χ0v) is 14.5. The van der Waals surface area contributed by atoms with Crippen molar-refractivity contribution in [3.05, 3.63) is 77.9 Å². The number of aliphatic hydroxyl groups is 1. The van der Waals surface area contributed by atoms with Gasteiger partial charge in [-0.1, -0.05) is 48.0 Å².